The number of carbonyl (C=O) groups is 1. The molecule has 1 atom stereocenters. The van der Waals surface area contributed by atoms with E-state index in [1.54, 1.807) is 0 Å². The molecule has 1 fully saturated rings. The predicted molar refractivity (Wildman–Crippen MR) is 106 cm³/mol. The quantitative estimate of drug-likeness (QED) is 0.619. The fraction of sp³-hybridized carbons (Fsp3) is 0.318. The van der Waals surface area contributed by atoms with Gasteiger partial charge in [0.2, 0.25) is 12.7 Å². The first-order valence-corrected chi connectivity index (χ1v) is 9.93. The van der Waals surface area contributed by atoms with Gasteiger partial charge < -0.3 is 23.6 Å². The Hall–Kier alpha value is -3.55. The van der Waals surface area contributed by atoms with Crippen LogP contribution in [0.25, 0.3) is 11.5 Å². The molecule has 30 heavy (non-hydrogen) atoms. The van der Waals surface area contributed by atoms with Gasteiger partial charge in [-0.25, -0.2) is 0 Å². The average Bonchev–Trinajstić information content (AvgIpc) is 3.49. The van der Waals surface area contributed by atoms with Gasteiger partial charge in [0.25, 0.3) is 5.89 Å². The number of ether oxygens (including phenoxy) is 3. The monoisotopic (exact) mass is 407 g/mol. The third-order valence-corrected chi connectivity index (χ3v) is 5.27. The summed E-state index contributed by atoms with van der Waals surface area (Å²) in [7, 11) is 0. The van der Waals surface area contributed by atoms with Crippen LogP contribution in [0.15, 0.2) is 47.0 Å². The number of fused-ring (bicyclic) bond motifs is 1. The normalized spacial score (nSPS) is 17.6. The van der Waals surface area contributed by atoms with Gasteiger partial charge in [0.05, 0.1) is 6.61 Å². The second kappa shape index (κ2) is 7.70. The van der Waals surface area contributed by atoms with E-state index in [-0.39, 0.29) is 18.6 Å². The van der Waals surface area contributed by atoms with E-state index in [2.05, 4.69) is 10.1 Å². The molecule has 0 bridgehead atoms. The zero-order valence-corrected chi connectivity index (χ0v) is 16.5. The van der Waals surface area contributed by atoms with Crippen LogP contribution in [0.2, 0.25) is 0 Å². The lowest BCUT2D eigenvalue weighted by molar-refractivity contribution is -0.128. The highest BCUT2D eigenvalue weighted by molar-refractivity contribution is 5.79. The summed E-state index contributed by atoms with van der Waals surface area (Å²) in [4.78, 5) is 19.0. The molecule has 2 aliphatic rings. The molecule has 0 spiro atoms. The van der Waals surface area contributed by atoms with Crippen LogP contribution in [-0.2, 0) is 11.3 Å². The molecule has 3 aromatic rings. The number of carbonyl (C=O) groups excluding carboxylic acids is 1. The van der Waals surface area contributed by atoms with Gasteiger partial charge in [0.1, 0.15) is 5.75 Å². The fourth-order valence-electron chi connectivity index (χ4n) is 3.78. The zero-order chi connectivity index (χ0) is 20.5. The minimum Gasteiger partial charge on any atom is -0.494 e. The van der Waals surface area contributed by atoms with Crippen LogP contribution in [0.4, 0.5) is 0 Å². The minimum absolute atomic E-state index is 0.0701. The summed E-state index contributed by atoms with van der Waals surface area (Å²) >= 11 is 0. The standard InChI is InChI=1S/C22H21N3O5/c1-2-27-17-6-4-3-5-15(17)11-25-12-16(10-20(25)26)21-23-22(30-24-21)14-7-8-18-19(9-14)29-13-28-18/h3-9,16H,2,10-13H2,1H3. The molecule has 1 unspecified atom stereocenters. The Morgan fingerprint density at radius 1 is 1.17 bits per heavy atom. The summed E-state index contributed by atoms with van der Waals surface area (Å²) in [6.07, 6.45) is 0.358. The van der Waals surface area contributed by atoms with Crippen molar-refractivity contribution in [2.75, 3.05) is 19.9 Å². The molecule has 1 saturated heterocycles. The molecular formula is C22H21N3O5. The number of hydrogen-bond donors (Lipinski definition) is 0. The van der Waals surface area contributed by atoms with E-state index < -0.39 is 0 Å². The smallest absolute Gasteiger partial charge is 0.258 e. The average molecular weight is 407 g/mol. The predicted octanol–water partition coefficient (Wildman–Crippen LogP) is 3.38. The molecule has 1 aromatic heterocycles. The number of likely N-dealkylation sites (tertiary alicyclic amines) is 1. The Morgan fingerprint density at radius 3 is 2.93 bits per heavy atom. The van der Waals surface area contributed by atoms with E-state index in [0.717, 1.165) is 16.9 Å². The molecule has 0 N–H and O–H groups in total. The lowest BCUT2D eigenvalue weighted by Gasteiger charge is -2.18. The molecule has 0 radical (unpaired) electrons. The minimum atomic E-state index is -0.108. The van der Waals surface area contributed by atoms with E-state index >= 15 is 0 Å². The SMILES string of the molecule is CCOc1ccccc1CN1CC(c2noc(-c3ccc4c(c3)OCO4)n2)CC1=O. The van der Waals surface area contributed by atoms with Crippen molar-refractivity contribution in [1.29, 1.82) is 0 Å². The topological polar surface area (TPSA) is 86.9 Å². The van der Waals surface area contributed by atoms with Gasteiger partial charge in [0, 0.05) is 36.6 Å². The molecule has 3 heterocycles. The number of amides is 1. The number of para-hydroxylation sites is 1. The maximum absolute atomic E-state index is 12.6. The Kier molecular flexibility index (Phi) is 4.74. The van der Waals surface area contributed by atoms with Crippen molar-refractivity contribution in [3.63, 3.8) is 0 Å². The lowest BCUT2D eigenvalue weighted by Crippen LogP contribution is -2.24. The van der Waals surface area contributed by atoms with Gasteiger partial charge in [-0.2, -0.15) is 4.98 Å². The molecule has 1 amide bonds. The van der Waals surface area contributed by atoms with Gasteiger partial charge in [0.15, 0.2) is 17.3 Å². The van der Waals surface area contributed by atoms with Crippen LogP contribution in [0.1, 0.15) is 30.7 Å². The van der Waals surface area contributed by atoms with Crippen molar-refractivity contribution >= 4 is 5.91 Å². The van der Waals surface area contributed by atoms with Gasteiger partial charge in [-0.15, -0.1) is 0 Å². The fourth-order valence-corrected chi connectivity index (χ4v) is 3.78. The first kappa shape index (κ1) is 18.5. The van der Waals surface area contributed by atoms with Crippen LogP contribution < -0.4 is 14.2 Å². The Morgan fingerprint density at radius 2 is 2.03 bits per heavy atom. The van der Waals surface area contributed by atoms with Crippen molar-refractivity contribution in [3.8, 4) is 28.7 Å². The molecule has 2 aliphatic heterocycles. The van der Waals surface area contributed by atoms with E-state index in [9.17, 15) is 4.79 Å². The van der Waals surface area contributed by atoms with Crippen molar-refractivity contribution in [3.05, 3.63) is 53.9 Å². The van der Waals surface area contributed by atoms with Crippen LogP contribution in [0, 0.1) is 0 Å². The molecule has 154 valence electrons. The van der Waals surface area contributed by atoms with E-state index in [1.807, 2.05) is 54.3 Å². The number of benzene rings is 2. The van der Waals surface area contributed by atoms with E-state index in [0.29, 0.717) is 49.3 Å². The van der Waals surface area contributed by atoms with Crippen LogP contribution in [-0.4, -0.2) is 40.9 Å². The molecule has 5 rings (SSSR count). The second-order valence-electron chi connectivity index (χ2n) is 7.24. The molecule has 2 aromatic carbocycles. The van der Waals surface area contributed by atoms with Crippen molar-refractivity contribution < 1.29 is 23.5 Å². The maximum atomic E-state index is 12.6. The zero-order valence-electron chi connectivity index (χ0n) is 16.5. The number of rotatable bonds is 6. The molecular weight excluding hydrogens is 386 g/mol. The van der Waals surface area contributed by atoms with Crippen molar-refractivity contribution in [2.24, 2.45) is 0 Å². The third-order valence-electron chi connectivity index (χ3n) is 5.27. The highest BCUT2D eigenvalue weighted by atomic mass is 16.7. The van der Waals surface area contributed by atoms with Gasteiger partial charge in [-0.3, -0.25) is 4.79 Å². The number of aromatic nitrogens is 2. The van der Waals surface area contributed by atoms with Gasteiger partial charge in [-0.05, 0) is 31.2 Å². The number of nitrogens with zero attached hydrogens (tertiary/aromatic N) is 3. The summed E-state index contributed by atoms with van der Waals surface area (Å²) in [6, 6.07) is 13.3. The summed E-state index contributed by atoms with van der Waals surface area (Å²) in [6.45, 7) is 3.78. The Bertz CT molecular complexity index is 1080. The molecule has 0 saturated carbocycles. The summed E-state index contributed by atoms with van der Waals surface area (Å²) < 4.78 is 21.9. The molecule has 0 aliphatic carbocycles. The summed E-state index contributed by atoms with van der Waals surface area (Å²) in [5, 5.41) is 4.13. The second-order valence-corrected chi connectivity index (χ2v) is 7.24. The summed E-state index contributed by atoms with van der Waals surface area (Å²) in [5.41, 5.74) is 1.74. The first-order valence-electron chi connectivity index (χ1n) is 9.93. The highest BCUT2D eigenvalue weighted by Crippen LogP contribution is 2.36. The third kappa shape index (κ3) is 3.45. The Balaban J connectivity index is 1.31. The van der Waals surface area contributed by atoms with E-state index in [4.69, 9.17) is 18.7 Å². The van der Waals surface area contributed by atoms with Gasteiger partial charge in [-0.1, -0.05) is 23.4 Å². The van der Waals surface area contributed by atoms with Crippen molar-refractivity contribution in [1.82, 2.24) is 15.0 Å². The lowest BCUT2D eigenvalue weighted by atomic mass is 10.1. The largest absolute Gasteiger partial charge is 0.494 e. The first-order chi connectivity index (χ1) is 14.7. The van der Waals surface area contributed by atoms with E-state index in [1.165, 1.54) is 0 Å². The molecule has 8 nitrogen and oxygen atoms in total. The Labute approximate surface area is 173 Å². The number of hydrogen-bond acceptors (Lipinski definition) is 7. The van der Waals surface area contributed by atoms with Crippen molar-refractivity contribution in [2.45, 2.75) is 25.8 Å². The maximum Gasteiger partial charge on any atom is 0.258 e. The summed E-state index contributed by atoms with van der Waals surface area (Å²) in [5.74, 6) is 3.06. The highest BCUT2D eigenvalue weighted by Gasteiger charge is 2.34. The van der Waals surface area contributed by atoms with Gasteiger partial charge >= 0.3 is 0 Å². The van der Waals surface area contributed by atoms with Crippen LogP contribution in [0.5, 0.6) is 17.2 Å². The van der Waals surface area contributed by atoms with Crippen LogP contribution in [0.3, 0.4) is 0 Å². The van der Waals surface area contributed by atoms with Crippen LogP contribution >= 0.6 is 0 Å². The molecule has 8 heteroatoms.